The van der Waals surface area contributed by atoms with Crippen LogP contribution in [0.5, 0.6) is 11.5 Å². The third-order valence-electron chi connectivity index (χ3n) is 4.75. The van der Waals surface area contributed by atoms with Gasteiger partial charge in [-0.3, -0.25) is 9.59 Å². The molecule has 142 valence electrons. The molecular formula is C21H24N2O4. The van der Waals surface area contributed by atoms with E-state index in [9.17, 15) is 9.59 Å². The summed E-state index contributed by atoms with van der Waals surface area (Å²) in [7, 11) is 3.07. The molecule has 2 aromatic carbocycles. The van der Waals surface area contributed by atoms with Gasteiger partial charge in [0.15, 0.2) is 0 Å². The number of hydrogen-bond acceptors (Lipinski definition) is 4. The molecular weight excluding hydrogens is 344 g/mol. The van der Waals surface area contributed by atoms with E-state index in [0.29, 0.717) is 35.7 Å². The van der Waals surface area contributed by atoms with Crippen LogP contribution in [0.4, 0.5) is 11.4 Å². The molecule has 0 unspecified atom stereocenters. The maximum atomic E-state index is 12.9. The molecule has 0 atom stereocenters. The Bertz CT molecular complexity index is 867. The number of carbonyl (C=O) groups is 2. The lowest BCUT2D eigenvalue weighted by Gasteiger charge is -2.17. The highest BCUT2D eigenvalue weighted by atomic mass is 16.5. The molecule has 6 heteroatoms. The van der Waals surface area contributed by atoms with Crippen molar-refractivity contribution in [3.63, 3.8) is 0 Å². The van der Waals surface area contributed by atoms with E-state index in [0.717, 1.165) is 11.1 Å². The van der Waals surface area contributed by atoms with Crippen LogP contribution >= 0.6 is 0 Å². The molecule has 6 nitrogen and oxygen atoms in total. The number of nitrogens with one attached hydrogen (secondary N) is 2. The van der Waals surface area contributed by atoms with E-state index in [2.05, 4.69) is 10.6 Å². The second-order valence-electron chi connectivity index (χ2n) is 6.93. The highest BCUT2D eigenvalue weighted by molar-refractivity contribution is 6.17. The Morgan fingerprint density at radius 1 is 0.889 bits per heavy atom. The van der Waals surface area contributed by atoms with Crippen molar-refractivity contribution >= 4 is 23.2 Å². The number of ether oxygens (including phenoxy) is 2. The number of anilines is 2. The van der Waals surface area contributed by atoms with E-state index in [1.165, 1.54) is 7.11 Å². The monoisotopic (exact) mass is 368 g/mol. The second-order valence-corrected chi connectivity index (χ2v) is 6.93. The van der Waals surface area contributed by atoms with Crippen molar-refractivity contribution < 1.29 is 19.1 Å². The van der Waals surface area contributed by atoms with E-state index >= 15 is 0 Å². The molecule has 0 aliphatic heterocycles. The molecule has 3 rings (SSSR count). The largest absolute Gasteiger partial charge is 0.497 e. The smallest absolute Gasteiger partial charge is 0.240 e. The van der Waals surface area contributed by atoms with Gasteiger partial charge >= 0.3 is 0 Å². The Kier molecular flexibility index (Phi) is 5.08. The number of carbonyl (C=O) groups excluding carboxylic acids is 2. The van der Waals surface area contributed by atoms with E-state index in [4.69, 9.17) is 9.47 Å². The lowest BCUT2D eigenvalue weighted by atomic mass is 10.0. The highest BCUT2D eigenvalue weighted by Gasteiger charge is 2.56. The Balaban J connectivity index is 1.77. The topological polar surface area (TPSA) is 76.7 Å². The number of aryl methyl sites for hydroxylation is 2. The van der Waals surface area contributed by atoms with E-state index in [1.54, 1.807) is 25.3 Å². The Morgan fingerprint density at radius 2 is 1.52 bits per heavy atom. The summed E-state index contributed by atoms with van der Waals surface area (Å²) < 4.78 is 10.5. The van der Waals surface area contributed by atoms with Crippen LogP contribution in [0.2, 0.25) is 0 Å². The third-order valence-corrected chi connectivity index (χ3v) is 4.75. The zero-order chi connectivity index (χ0) is 19.6. The van der Waals surface area contributed by atoms with Gasteiger partial charge in [-0.15, -0.1) is 0 Å². The minimum Gasteiger partial charge on any atom is -0.497 e. The van der Waals surface area contributed by atoms with Gasteiger partial charge in [0.25, 0.3) is 0 Å². The average molecular weight is 368 g/mol. The summed E-state index contributed by atoms with van der Waals surface area (Å²) >= 11 is 0. The minimum absolute atomic E-state index is 0.285. The molecule has 1 saturated carbocycles. The summed E-state index contributed by atoms with van der Waals surface area (Å²) in [5.74, 6) is 0.480. The number of benzene rings is 2. The van der Waals surface area contributed by atoms with E-state index in [-0.39, 0.29) is 11.8 Å². The molecule has 1 aliphatic rings. The molecule has 0 heterocycles. The van der Waals surface area contributed by atoms with Gasteiger partial charge in [0.1, 0.15) is 16.9 Å². The molecule has 2 N–H and O–H groups in total. The average Bonchev–Trinajstić information content (AvgIpc) is 3.42. The fourth-order valence-electron chi connectivity index (χ4n) is 3.13. The molecule has 0 aromatic heterocycles. The van der Waals surface area contributed by atoms with Gasteiger partial charge in [-0.25, -0.2) is 0 Å². The van der Waals surface area contributed by atoms with Crippen molar-refractivity contribution in [3.05, 3.63) is 47.5 Å². The summed E-state index contributed by atoms with van der Waals surface area (Å²) in [6, 6.07) is 10.9. The van der Waals surface area contributed by atoms with Crippen molar-refractivity contribution in [3.8, 4) is 11.5 Å². The van der Waals surface area contributed by atoms with Gasteiger partial charge in [0.05, 0.1) is 19.9 Å². The molecule has 0 spiro atoms. The van der Waals surface area contributed by atoms with Crippen LogP contribution in [0.15, 0.2) is 36.4 Å². The zero-order valence-corrected chi connectivity index (χ0v) is 16.0. The second kappa shape index (κ2) is 7.31. The molecule has 0 saturated heterocycles. The maximum Gasteiger partial charge on any atom is 0.240 e. The molecule has 2 aromatic rings. The van der Waals surface area contributed by atoms with Crippen molar-refractivity contribution in [2.24, 2.45) is 5.41 Å². The van der Waals surface area contributed by atoms with Crippen LogP contribution < -0.4 is 20.1 Å². The number of amides is 2. The van der Waals surface area contributed by atoms with Crippen molar-refractivity contribution in [1.82, 2.24) is 0 Å². The Hall–Kier alpha value is -3.02. The van der Waals surface area contributed by atoms with Crippen molar-refractivity contribution in [1.29, 1.82) is 0 Å². The van der Waals surface area contributed by atoms with Crippen molar-refractivity contribution in [2.75, 3.05) is 24.9 Å². The van der Waals surface area contributed by atoms with Gasteiger partial charge in [-0.2, -0.15) is 0 Å². The zero-order valence-electron chi connectivity index (χ0n) is 16.0. The molecule has 0 radical (unpaired) electrons. The fraction of sp³-hybridized carbons (Fsp3) is 0.333. The fourth-order valence-corrected chi connectivity index (χ4v) is 3.13. The minimum atomic E-state index is -1.05. The van der Waals surface area contributed by atoms with Gasteiger partial charge in [-0.05, 0) is 62.1 Å². The standard InChI is InChI=1S/C21H24N2O4/c1-13-9-14(2)11-15(10-13)22-19(24)21(7-8-21)20(25)23-17-12-16(26-3)5-6-18(17)27-4/h5-6,9-12H,7-8H2,1-4H3,(H,22,24)(H,23,25). The third kappa shape index (κ3) is 3.89. The first-order valence-electron chi connectivity index (χ1n) is 8.81. The van der Waals surface area contributed by atoms with Crippen LogP contribution in [0.3, 0.4) is 0 Å². The van der Waals surface area contributed by atoms with Gasteiger partial charge in [0, 0.05) is 11.8 Å². The van der Waals surface area contributed by atoms with Crippen LogP contribution in [-0.2, 0) is 9.59 Å². The molecule has 0 bridgehead atoms. The normalized spacial score (nSPS) is 14.2. The molecule has 1 aliphatic carbocycles. The predicted molar refractivity (Wildman–Crippen MR) is 104 cm³/mol. The number of hydrogen-bond donors (Lipinski definition) is 2. The van der Waals surface area contributed by atoms with E-state index in [1.807, 2.05) is 32.0 Å². The van der Waals surface area contributed by atoms with E-state index < -0.39 is 5.41 Å². The Morgan fingerprint density at radius 3 is 2.07 bits per heavy atom. The summed E-state index contributed by atoms with van der Waals surface area (Å²) in [4.78, 5) is 25.7. The maximum absolute atomic E-state index is 12.9. The van der Waals surface area contributed by atoms with Gasteiger partial charge in [-0.1, -0.05) is 6.07 Å². The van der Waals surface area contributed by atoms with Crippen LogP contribution in [0.25, 0.3) is 0 Å². The van der Waals surface area contributed by atoms with Crippen LogP contribution in [0, 0.1) is 19.3 Å². The summed E-state index contributed by atoms with van der Waals surface area (Å²) in [6.07, 6.45) is 1.03. The quantitative estimate of drug-likeness (QED) is 0.763. The first kappa shape index (κ1) is 18.8. The Labute approximate surface area is 158 Å². The number of rotatable bonds is 6. The van der Waals surface area contributed by atoms with Crippen LogP contribution in [0.1, 0.15) is 24.0 Å². The summed E-state index contributed by atoms with van der Waals surface area (Å²) in [5.41, 5.74) is 2.25. The highest BCUT2D eigenvalue weighted by Crippen LogP contribution is 2.48. The first-order valence-corrected chi connectivity index (χ1v) is 8.81. The summed E-state index contributed by atoms with van der Waals surface area (Å²) in [5, 5.41) is 5.71. The van der Waals surface area contributed by atoms with Gasteiger partial charge < -0.3 is 20.1 Å². The molecule has 2 amide bonds. The predicted octanol–water partition coefficient (Wildman–Crippen LogP) is 3.68. The van der Waals surface area contributed by atoms with Crippen molar-refractivity contribution in [2.45, 2.75) is 26.7 Å². The first-order chi connectivity index (χ1) is 12.9. The SMILES string of the molecule is COc1ccc(OC)c(NC(=O)C2(C(=O)Nc3cc(C)cc(C)c3)CC2)c1. The molecule has 27 heavy (non-hydrogen) atoms. The number of methoxy groups -OCH3 is 2. The lowest BCUT2D eigenvalue weighted by Crippen LogP contribution is -2.35. The van der Waals surface area contributed by atoms with Crippen LogP contribution in [-0.4, -0.2) is 26.0 Å². The van der Waals surface area contributed by atoms with Gasteiger partial charge in [0.2, 0.25) is 11.8 Å². The molecule has 1 fully saturated rings. The summed E-state index contributed by atoms with van der Waals surface area (Å²) in [6.45, 7) is 3.94. The lowest BCUT2D eigenvalue weighted by molar-refractivity contribution is -0.131.